The summed E-state index contributed by atoms with van der Waals surface area (Å²) < 4.78 is 0. The molecule has 0 radical (unpaired) electrons. The molecule has 3 heterocycles. The summed E-state index contributed by atoms with van der Waals surface area (Å²) in [6.07, 6.45) is 3.83. The number of aromatic nitrogens is 3. The van der Waals surface area contributed by atoms with Crippen molar-refractivity contribution < 1.29 is 9.59 Å². The molecule has 1 aliphatic heterocycles. The third kappa shape index (κ3) is 6.12. The minimum Gasteiger partial charge on any atom is -0.341 e. The van der Waals surface area contributed by atoms with Crippen molar-refractivity contribution in [3.8, 4) is 0 Å². The predicted octanol–water partition coefficient (Wildman–Crippen LogP) is 2.71. The van der Waals surface area contributed by atoms with Crippen molar-refractivity contribution in [3.63, 3.8) is 0 Å². The highest BCUT2D eigenvalue weighted by atomic mass is 35.5. The van der Waals surface area contributed by atoms with E-state index in [0.717, 1.165) is 36.5 Å². The van der Waals surface area contributed by atoms with Gasteiger partial charge in [0.15, 0.2) is 0 Å². The Morgan fingerprint density at radius 3 is 2.62 bits per heavy atom. The number of hydrogen-bond donors (Lipinski definition) is 4. The van der Waals surface area contributed by atoms with Crippen molar-refractivity contribution in [2.24, 2.45) is 11.6 Å². The number of halogens is 1. The standard InChI is InChI=1S/C28H29ClN8O3/c29-22-7-6-18(27(40)37(31)13-8-17-4-2-1-3-5-17)15-23(22)33-25(38)21-14-19-16-32-28(35-24(19)34-26(21)39)36-11-9-20(30)10-12-36/h1-7,14-16,20H,8-13,30-31H2,(H,33,38)(H,32,34,35,39). The van der Waals surface area contributed by atoms with Crippen LogP contribution in [0.25, 0.3) is 11.0 Å². The average Bonchev–Trinajstić information content (AvgIpc) is 2.97. The quantitative estimate of drug-likeness (QED) is 0.152. The summed E-state index contributed by atoms with van der Waals surface area (Å²) in [6.45, 7) is 1.76. The van der Waals surface area contributed by atoms with Crippen LogP contribution < -0.4 is 27.4 Å². The first kappa shape index (κ1) is 27.3. The van der Waals surface area contributed by atoms with E-state index in [4.69, 9.17) is 23.2 Å². The van der Waals surface area contributed by atoms with Crippen LogP contribution in [0.5, 0.6) is 0 Å². The number of carbonyl (C=O) groups is 2. The van der Waals surface area contributed by atoms with Crippen LogP contribution in [0.1, 0.15) is 39.1 Å². The van der Waals surface area contributed by atoms with Crippen molar-refractivity contribution in [3.05, 3.63) is 92.9 Å². The molecule has 40 heavy (non-hydrogen) atoms. The Balaban J connectivity index is 1.30. The Bertz CT molecular complexity index is 1600. The van der Waals surface area contributed by atoms with Crippen LogP contribution in [0.2, 0.25) is 5.02 Å². The Morgan fingerprint density at radius 1 is 1.12 bits per heavy atom. The largest absolute Gasteiger partial charge is 0.341 e. The van der Waals surface area contributed by atoms with Gasteiger partial charge in [-0.25, -0.2) is 10.8 Å². The second-order valence-corrected chi connectivity index (χ2v) is 10.1. The van der Waals surface area contributed by atoms with Crippen molar-refractivity contribution in [2.75, 3.05) is 29.9 Å². The monoisotopic (exact) mass is 560 g/mol. The van der Waals surface area contributed by atoms with Crippen LogP contribution in [0.4, 0.5) is 11.6 Å². The van der Waals surface area contributed by atoms with E-state index in [-0.39, 0.29) is 27.9 Å². The number of hydrazine groups is 1. The van der Waals surface area contributed by atoms with Gasteiger partial charge >= 0.3 is 0 Å². The summed E-state index contributed by atoms with van der Waals surface area (Å²) in [5.74, 6) is 5.38. The van der Waals surface area contributed by atoms with Crippen LogP contribution in [0.3, 0.4) is 0 Å². The topological polar surface area (TPSA) is 163 Å². The minimum absolute atomic E-state index is 0.149. The number of nitrogens with zero attached hydrogens (tertiary/aromatic N) is 4. The van der Waals surface area contributed by atoms with E-state index in [0.29, 0.717) is 29.9 Å². The lowest BCUT2D eigenvalue weighted by Gasteiger charge is -2.30. The second kappa shape index (κ2) is 11.8. The highest BCUT2D eigenvalue weighted by Crippen LogP contribution is 2.25. The van der Waals surface area contributed by atoms with E-state index in [1.807, 2.05) is 35.2 Å². The molecule has 2 aromatic carbocycles. The molecule has 0 bridgehead atoms. The number of pyridine rings is 1. The van der Waals surface area contributed by atoms with E-state index >= 15 is 0 Å². The highest BCUT2D eigenvalue weighted by Gasteiger charge is 2.21. The number of anilines is 2. The number of carbonyl (C=O) groups excluding carboxylic acids is 2. The van der Waals surface area contributed by atoms with E-state index in [9.17, 15) is 14.4 Å². The number of piperidine rings is 1. The van der Waals surface area contributed by atoms with Gasteiger partial charge in [0.1, 0.15) is 11.2 Å². The maximum absolute atomic E-state index is 13.1. The number of nitrogens with one attached hydrogen (secondary N) is 2. The lowest BCUT2D eigenvalue weighted by Crippen LogP contribution is -2.40. The number of aromatic amines is 1. The molecule has 5 rings (SSSR count). The number of nitrogens with two attached hydrogens (primary N) is 2. The third-order valence-electron chi connectivity index (χ3n) is 6.85. The Morgan fingerprint density at radius 2 is 1.88 bits per heavy atom. The van der Waals surface area contributed by atoms with Crippen molar-refractivity contribution in [2.45, 2.75) is 25.3 Å². The molecule has 1 saturated heterocycles. The molecule has 1 aliphatic rings. The van der Waals surface area contributed by atoms with Crippen LogP contribution in [-0.4, -0.2) is 57.5 Å². The van der Waals surface area contributed by atoms with Crippen molar-refractivity contribution >= 4 is 46.1 Å². The fourth-order valence-electron chi connectivity index (χ4n) is 4.51. The molecule has 12 heteroatoms. The average molecular weight is 561 g/mol. The van der Waals surface area contributed by atoms with E-state index in [1.165, 1.54) is 24.3 Å². The smallest absolute Gasteiger partial charge is 0.267 e. The molecular formula is C28H29ClN8O3. The zero-order valence-electron chi connectivity index (χ0n) is 21.6. The van der Waals surface area contributed by atoms with Crippen molar-refractivity contribution in [1.82, 2.24) is 20.0 Å². The lowest BCUT2D eigenvalue weighted by atomic mass is 10.1. The van der Waals surface area contributed by atoms with Crippen LogP contribution in [-0.2, 0) is 6.42 Å². The van der Waals surface area contributed by atoms with E-state index < -0.39 is 17.4 Å². The van der Waals surface area contributed by atoms with Gasteiger partial charge in [-0.1, -0.05) is 41.9 Å². The lowest BCUT2D eigenvalue weighted by molar-refractivity contribution is 0.0757. The van der Waals surface area contributed by atoms with Gasteiger partial charge in [-0.3, -0.25) is 19.4 Å². The molecule has 1 fully saturated rings. The number of rotatable bonds is 7. The Labute approximate surface area is 235 Å². The molecule has 0 unspecified atom stereocenters. The predicted molar refractivity (Wildman–Crippen MR) is 154 cm³/mol. The third-order valence-corrected chi connectivity index (χ3v) is 7.18. The Kier molecular flexibility index (Phi) is 8.06. The van der Waals surface area contributed by atoms with Gasteiger partial charge in [0.05, 0.1) is 10.7 Å². The molecule has 0 aliphatic carbocycles. The molecule has 206 valence electrons. The maximum Gasteiger partial charge on any atom is 0.267 e. The highest BCUT2D eigenvalue weighted by molar-refractivity contribution is 6.34. The van der Waals surface area contributed by atoms with Crippen LogP contribution in [0.15, 0.2) is 65.6 Å². The molecule has 0 atom stereocenters. The van der Waals surface area contributed by atoms with Crippen LogP contribution >= 0.6 is 11.6 Å². The first-order chi connectivity index (χ1) is 19.3. The van der Waals surface area contributed by atoms with E-state index in [1.54, 1.807) is 6.20 Å². The summed E-state index contributed by atoms with van der Waals surface area (Å²) in [5.41, 5.74) is 6.99. The van der Waals surface area contributed by atoms with Gasteiger partial charge in [0, 0.05) is 42.8 Å². The fourth-order valence-corrected chi connectivity index (χ4v) is 4.67. The van der Waals surface area contributed by atoms with Crippen molar-refractivity contribution in [1.29, 1.82) is 0 Å². The number of fused-ring (bicyclic) bond motifs is 1. The molecule has 0 saturated carbocycles. The first-order valence-electron chi connectivity index (χ1n) is 12.9. The maximum atomic E-state index is 13.1. The molecule has 4 aromatic rings. The second-order valence-electron chi connectivity index (χ2n) is 9.69. The summed E-state index contributed by atoms with van der Waals surface area (Å²) in [6, 6.07) is 15.7. The molecule has 11 nitrogen and oxygen atoms in total. The summed E-state index contributed by atoms with van der Waals surface area (Å²) in [7, 11) is 0. The summed E-state index contributed by atoms with van der Waals surface area (Å²) in [5, 5.41) is 4.43. The molecule has 2 amide bonds. The number of hydrogen-bond acceptors (Lipinski definition) is 8. The van der Waals surface area contributed by atoms with E-state index in [2.05, 4.69) is 20.3 Å². The number of benzene rings is 2. The first-order valence-corrected chi connectivity index (χ1v) is 13.3. The van der Waals surface area contributed by atoms with Gasteiger partial charge in [-0.2, -0.15) is 4.98 Å². The molecular weight excluding hydrogens is 532 g/mol. The van der Waals surface area contributed by atoms with Gasteiger partial charge in [-0.05, 0) is 49.1 Å². The zero-order chi connectivity index (χ0) is 28.2. The molecule has 2 aromatic heterocycles. The van der Waals surface area contributed by atoms with Gasteiger partial charge in [-0.15, -0.1) is 0 Å². The zero-order valence-corrected chi connectivity index (χ0v) is 22.4. The fraction of sp³-hybridized carbons (Fsp3) is 0.250. The summed E-state index contributed by atoms with van der Waals surface area (Å²) in [4.78, 5) is 52.4. The Hall–Kier alpha value is -4.32. The normalized spacial score (nSPS) is 13.8. The minimum atomic E-state index is -0.697. The van der Waals surface area contributed by atoms with Gasteiger partial charge in [0.2, 0.25) is 5.95 Å². The van der Waals surface area contributed by atoms with Gasteiger partial charge in [0.25, 0.3) is 17.4 Å². The number of amides is 2. The van der Waals surface area contributed by atoms with Crippen LogP contribution in [0, 0.1) is 0 Å². The molecule has 0 spiro atoms. The number of H-pyrrole nitrogens is 1. The summed E-state index contributed by atoms with van der Waals surface area (Å²) >= 11 is 6.30. The molecule has 6 N–H and O–H groups in total. The van der Waals surface area contributed by atoms with Gasteiger partial charge < -0.3 is 20.9 Å². The SMILES string of the molecule is NC1CCN(c2ncc3cc(C(=O)Nc4cc(C(=O)N(N)CCc5ccccc5)ccc4Cl)c(=O)[nH]c3n2)CC1.